The van der Waals surface area contributed by atoms with E-state index in [1.807, 2.05) is 6.07 Å². The number of esters is 1. The van der Waals surface area contributed by atoms with E-state index >= 15 is 0 Å². The average molecular weight is 380 g/mol. The molecule has 0 saturated carbocycles. The number of H-pyrrole nitrogens is 1. The van der Waals surface area contributed by atoms with Gasteiger partial charge >= 0.3 is 5.97 Å². The van der Waals surface area contributed by atoms with Crippen LogP contribution in [-0.2, 0) is 11.2 Å². The van der Waals surface area contributed by atoms with Gasteiger partial charge in [-0.25, -0.2) is 9.89 Å². The third kappa shape index (κ3) is 5.23. The van der Waals surface area contributed by atoms with E-state index in [0.29, 0.717) is 30.8 Å². The van der Waals surface area contributed by atoms with Crippen LogP contribution in [-0.4, -0.2) is 36.4 Å². The minimum Gasteiger partial charge on any atom is -0.493 e. The van der Waals surface area contributed by atoms with Crippen molar-refractivity contribution >= 4 is 23.3 Å². The molecule has 1 aromatic carbocycles. The highest BCUT2D eigenvalue weighted by atomic mass is 35.5. The number of halogens is 1. The summed E-state index contributed by atoms with van der Waals surface area (Å²) in [5, 5.41) is 9.11. The second-order valence-corrected chi connectivity index (χ2v) is 6.00. The van der Waals surface area contributed by atoms with Crippen molar-refractivity contribution in [1.29, 1.82) is 0 Å². The zero-order valence-corrected chi connectivity index (χ0v) is 15.6. The number of carbonyl (C=O) groups excluding carboxylic acids is 1. The number of anilines is 1. The third-order valence-corrected chi connectivity index (χ3v) is 4.07. The summed E-state index contributed by atoms with van der Waals surface area (Å²) in [6, 6.07) is 5.30. The zero-order valence-electron chi connectivity index (χ0n) is 14.8. The molecule has 0 unspecified atom stereocenters. The summed E-state index contributed by atoms with van der Waals surface area (Å²) < 4.78 is 10.6. The fourth-order valence-electron chi connectivity index (χ4n) is 2.41. The lowest BCUT2D eigenvalue weighted by Crippen LogP contribution is -2.14. The Kier molecular flexibility index (Phi) is 7.47. The van der Waals surface area contributed by atoms with E-state index in [1.165, 1.54) is 13.3 Å². The smallest absolute Gasteiger partial charge is 0.337 e. The highest BCUT2D eigenvalue weighted by molar-refractivity contribution is 6.32. The van der Waals surface area contributed by atoms with Gasteiger partial charge in [-0.3, -0.25) is 4.79 Å². The van der Waals surface area contributed by atoms with Crippen LogP contribution in [0.3, 0.4) is 0 Å². The maximum Gasteiger partial charge on any atom is 0.337 e. The minimum atomic E-state index is -0.428. The molecule has 1 heterocycles. The lowest BCUT2D eigenvalue weighted by molar-refractivity contribution is 0.0600. The van der Waals surface area contributed by atoms with E-state index in [4.69, 9.17) is 21.1 Å². The van der Waals surface area contributed by atoms with E-state index in [9.17, 15) is 9.59 Å². The minimum absolute atomic E-state index is 0.0875. The molecule has 0 saturated heterocycles. The molecule has 0 fully saturated rings. The Morgan fingerprint density at radius 1 is 1.38 bits per heavy atom. The predicted molar refractivity (Wildman–Crippen MR) is 100 cm³/mol. The third-order valence-electron chi connectivity index (χ3n) is 3.69. The molecule has 0 spiro atoms. The highest BCUT2D eigenvalue weighted by Gasteiger charge is 2.10. The number of ether oxygens (including phenoxy) is 2. The number of aromatic amines is 1. The summed E-state index contributed by atoms with van der Waals surface area (Å²) in [5.41, 5.74) is 1.55. The standard InChI is InChI=1S/C18H22ClN3O4/c1-3-5-12-10-13(18(24)25-2)6-7-15(12)26-9-4-8-20-14-11-21-22-17(23)16(14)19/h6-7,10-11H,3-5,8-9H2,1-2H3,(H2,20,22,23). The van der Waals surface area contributed by atoms with Crippen LogP contribution in [0.2, 0.25) is 5.02 Å². The van der Waals surface area contributed by atoms with Gasteiger partial charge in [-0.15, -0.1) is 0 Å². The van der Waals surface area contributed by atoms with Crippen LogP contribution in [0, 0.1) is 0 Å². The van der Waals surface area contributed by atoms with Crippen molar-refractivity contribution in [2.75, 3.05) is 25.6 Å². The average Bonchev–Trinajstić information content (AvgIpc) is 2.65. The van der Waals surface area contributed by atoms with Crippen molar-refractivity contribution in [3.8, 4) is 5.75 Å². The molecule has 0 aliphatic carbocycles. The topological polar surface area (TPSA) is 93.3 Å². The lowest BCUT2D eigenvalue weighted by Gasteiger charge is -2.13. The summed E-state index contributed by atoms with van der Waals surface area (Å²) >= 11 is 5.89. The van der Waals surface area contributed by atoms with Crippen LogP contribution in [0.4, 0.5) is 5.69 Å². The van der Waals surface area contributed by atoms with E-state index in [1.54, 1.807) is 12.1 Å². The van der Waals surface area contributed by atoms with Gasteiger partial charge in [-0.2, -0.15) is 5.10 Å². The molecule has 26 heavy (non-hydrogen) atoms. The summed E-state index contributed by atoms with van der Waals surface area (Å²) in [4.78, 5) is 23.0. The van der Waals surface area contributed by atoms with Crippen molar-refractivity contribution in [3.05, 3.63) is 50.9 Å². The highest BCUT2D eigenvalue weighted by Crippen LogP contribution is 2.22. The molecule has 2 aromatic rings. The predicted octanol–water partition coefficient (Wildman–Crippen LogP) is 3.04. The fourth-order valence-corrected chi connectivity index (χ4v) is 2.57. The molecule has 0 atom stereocenters. The lowest BCUT2D eigenvalue weighted by atomic mass is 10.1. The van der Waals surface area contributed by atoms with Gasteiger partial charge in [0.25, 0.3) is 5.56 Å². The van der Waals surface area contributed by atoms with Crippen LogP contribution in [0.5, 0.6) is 5.75 Å². The van der Waals surface area contributed by atoms with E-state index in [-0.39, 0.29) is 11.0 Å². The van der Waals surface area contributed by atoms with Gasteiger partial charge < -0.3 is 14.8 Å². The van der Waals surface area contributed by atoms with E-state index in [0.717, 1.165) is 24.2 Å². The molecule has 0 bridgehead atoms. The van der Waals surface area contributed by atoms with Crippen molar-refractivity contribution in [1.82, 2.24) is 10.2 Å². The summed E-state index contributed by atoms with van der Waals surface area (Å²) in [7, 11) is 1.36. The van der Waals surface area contributed by atoms with Crippen LogP contribution in [0.25, 0.3) is 0 Å². The van der Waals surface area contributed by atoms with Gasteiger partial charge in [0.1, 0.15) is 10.8 Å². The maximum absolute atomic E-state index is 11.7. The Hall–Kier alpha value is -2.54. The summed E-state index contributed by atoms with van der Waals surface area (Å²) in [5.74, 6) is 0.400. The van der Waals surface area contributed by atoms with E-state index in [2.05, 4.69) is 22.4 Å². The van der Waals surface area contributed by atoms with Crippen LogP contribution < -0.4 is 15.6 Å². The molecular weight excluding hydrogens is 358 g/mol. The Morgan fingerprint density at radius 3 is 2.92 bits per heavy atom. The van der Waals surface area contributed by atoms with Gasteiger partial charge in [0, 0.05) is 6.54 Å². The Labute approximate surface area is 156 Å². The number of nitrogens with one attached hydrogen (secondary N) is 2. The maximum atomic E-state index is 11.7. The second-order valence-electron chi connectivity index (χ2n) is 5.62. The number of aromatic nitrogens is 2. The number of carbonyl (C=O) groups is 1. The first-order chi connectivity index (χ1) is 12.6. The monoisotopic (exact) mass is 379 g/mol. The van der Waals surface area contributed by atoms with Crippen molar-refractivity contribution in [3.63, 3.8) is 0 Å². The molecule has 0 aliphatic heterocycles. The summed E-state index contributed by atoms with van der Waals surface area (Å²) in [6.07, 6.45) is 3.92. The van der Waals surface area contributed by atoms with Gasteiger partial charge in [-0.05, 0) is 36.6 Å². The zero-order chi connectivity index (χ0) is 18.9. The van der Waals surface area contributed by atoms with Crippen molar-refractivity contribution in [2.45, 2.75) is 26.2 Å². The summed E-state index contributed by atoms with van der Waals surface area (Å²) in [6.45, 7) is 3.13. The van der Waals surface area contributed by atoms with Crippen LogP contribution in [0.1, 0.15) is 35.7 Å². The van der Waals surface area contributed by atoms with E-state index < -0.39 is 5.56 Å². The normalized spacial score (nSPS) is 10.4. The number of benzene rings is 1. The second kappa shape index (κ2) is 9.82. The van der Waals surface area contributed by atoms with Crippen molar-refractivity contribution < 1.29 is 14.3 Å². The first-order valence-electron chi connectivity index (χ1n) is 8.38. The number of hydrogen-bond acceptors (Lipinski definition) is 6. The van der Waals surface area contributed by atoms with Crippen molar-refractivity contribution in [2.24, 2.45) is 0 Å². The molecule has 0 radical (unpaired) electrons. The SMILES string of the molecule is CCCc1cc(C(=O)OC)ccc1OCCCNc1cn[nH]c(=O)c1Cl. The number of aryl methyl sites for hydroxylation is 1. The largest absolute Gasteiger partial charge is 0.493 e. The molecule has 7 nitrogen and oxygen atoms in total. The van der Waals surface area contributed by atoms with Gasteiger partial charge in [-0.1, -0.05) is 24.9 Å². The number of hydrogen-bond donors (Lipinski definition) is 2. The molecule has 140 valence electrons. The van der Waals surface area contributed by atoms with Gasteiger partial charge in [0.05, 0.1) is 31.2 Å². The van der Waals surface area contributed by atoms with Gasteiger partial charge in [0.2, 0.25) is 0 Å². The molecule has 0 aliphatic rings. The molecule has 8 heteroatoms. The Morgan fingerprint density at radius 2 is 2.19 bits per heavy atom. The molecule has 1 aromatic heterocycles. The molecule has 2 N–H and O–H groups in total. The first kappa shape index (κ1) is 19.8. The fraction of sp³-hybridized carbons (Fsp3) is 0.389. The van der Waals surface area contributed by atoms with Crippen LogP contribution >= 0.6 is 11.6 Å². The molecule has 0 amide bonds. The number of rotatable bonds is 9. The number of methoxy groups -OCH3 is 1. The molecular formula is C18H22ClN3O4. The Balaban J connectivity index is 1.89. The Bertz CT molecular complexity index is 807. The first-order valence-corrected chi connectivity index (χ1v) is 8.75. The molecule has 2 rings (SSSR count). The number of nitrogens with zero attached hydrogens (tertiary/aromatic N) is 1. The van der Waals surface area contributed by atoms with Gasteiger partial charge in [0.15, 0.2) is 0 Å². The quantitative estimate of drug-likeness (QED) is 0.513. The van der Waals surface area contributed by atoms with Crippen LogP contribution in [0.15, 0.2) is 29.2 Å².